The molecule has 3 aromatic rings. The van der Waals surface area contributed by atoms with Crippen LogP contribution in [0.25, 0.3) is 0 Å². The minimum Gasteiger partial charge on any atom is -0.484 e. The Kier molecular flexibility index (Phi) is 9.77. The summed E-state index contributed by atoms with van der Waals surface area (Å²) in [4.78, 5) is 29.0. The Bertz CT molecular complexity index is 1190. The van der Waals surface area contributed by atoms with Gasteiger partial charge in [-0.15, -0.1) is 0 Å². The molecule has 2 amide bonds. The summed E-state index contributed by atoms with van der Waals surface area (Å²) in [7, 11) is 0. The number of amides is 2. The van der Waals surface area contributed by atoms with E-state index in [9.17, 15) is 9.59 Å². The molecule has 0 aliphatic heterocycles. The average molecular weight is 580 g/mol. The van der Waals surface area contributed by atoms with E-state index in [1.54, 1.807) is 4.90 Å². The van der Waals surface area contributed by atoms with Gasteiger partial charge in [0.15, 0.2) is 6.61 Å². The van der Waals surface area contributed by atoms with Gasteiger partial charge in [0.2, 0.25) is 5.91 Å². The van der Waals surface area contributed by atoms with Crippen molar-refractivity contribution in [2.45, 2.75) is 71.5 Å². The Labute approximate surface area is 235 Å². The van der Waals surface area contributed by atoms with Gasteiger partial charge in [0, 0.05) is 23.0 Å². The van der Waals surface area contributed by atoms with E-state index in [1.165, 1.54) is 5.56 Å². The van der Waals surface area contributed by atoms with Crippen LogP contribution in [0.1, 0.15) is 58.2 Å². The molecule has 0 saturated carbocycles. The fourth-order valence-corrected chi connectivity index (χ4v) is 4.34. The molecule has 3 aromatic carbocycles. The third-order valence-corrected chi connectivity index (χ3v) is 6.65. The van der Waals surface area contributed by atoms with Crippen LogP contribution < -0.4 is 10.1 Å². The maximum atomic E-state index is 13.7. The first-order chi connectivity index (χ1) is 17.8. The number of carbonyl (C=O) groups excluding carboxylic acids is 2. The van der Waals surface area contributed by atoms with E-state index in [0.29, 0.717) is 12.2 Å². The molecule has 3 rings (SSSR count). The van der Waals surface area contributed by atoms with E-state index in [-0.39, 0.29) is 30.4 Å². The molecule has 38 heavy (non-hydrogen) atoms. The molecule has 0 saturated heterocycles. The van der Waals surface area contributed by atoms with Gasteiger partial charge in [-0.05, 0) is 67.1 Å². The van der Waals surface area contributed by atoms with Crippen LogP contribution in [-0.4, -0.2) is 34.9 Å². The molecule has 0 unspecified atom stereocenters. The van der Waals surface area contributed by atoms with Gasteiger partial charge in [-0.3, -0.25) is 9.59 Å². The van der Waals surface area contributed by atoms with Crippen molar-refractivity contribution in [3.8, 4) is 5.75 Å². The molecular weight excluding hydrogens is 540 g/mol. The van der Waals surface area contributed by atoms with Gasteiger partial charge in [0.05, 0.1) is 0 Å². The molecule has 5 nitrogen and oxygen atoms in total. The lowest BCUT2D eigenvalue weighted by Gasteiger charge is -2.33. The number of hydrogen-bond acceptors (Lipinski definition) is 3. The molecule has 0 spiro atoms. The summed E-state index contributed by atoms with van der Waals surface area (Å²) in [5, 5.41) is 3.08. The summed E-state index contributed by atoms with van der Waals surface area (Å²) in [5.41, 5.74) is 2.69. The number of ether oxygens (including phenoxy) is 1. The van der Waals surface area contributed by atoms with Crippen molar-refractivity contribution >= 4 is 27.7 Å². The second-order valence-electron chi connectivity index (χ2n) is 11.7. The van der Waals surface area contributed by atoms with Gasteiger partial charge in [-0.2, -0.15) is 0 Å². The summed E-state index contributed by atoms with van der Waals surface area (Å²) in [5.74, 6) is 0.174. The Morgan fingerprint density at radius 3 is 2.00 bits per heavy atom. The summed E-state index contributed by atoms with van der Waals surface area (Å²) < 4.78 is 6.88. The molecule has 1 N–H and O–H groups in total. The maximum absolute atomic E-state index is 13.7. The lowest BCUT2D eigenvalue weighted by molar-refractivity contribution is -0.143. The van der Waals surface area contributed by atoms with Crippen LogP contribution in [0, 0.1) is 0 Å². The lowest BCUT2D eigenvalue weighted by atomic mass is 9.87. The highest BCUT2D eigenvalue weighted by Gasteiger charge is 2.32. The number of nitrogens with zero attached hydrogens (tertiary/aromatic N) is 1. The Balaban J connectivity index is 1.89. The first-order valence-corrected chi connectivity index (χ1v) is 13.7. The average Bonchev–Trinajstić information content (AvgIpc) is 2.85. The normalized spacial score (nSPS) is 12.5. The number of benzene rings is 3. The van der Waals surface area contributed by atoms with Crippen LogP contribution >= 0.6 is 15.9 Å². The molecule has 6 heteroatoms. The SMILES string of the molecule is CC(C)(C)NC(=O)[C@H](Cc1ccccc1)N(Cc1ccc(Br)cc1)C(=O)COc1ccc(C(C)(C)C)cc1. The smallest absolute Gasteiger partial charge is 0.261 e. The Morgan fingerprint density at radius 2 is 1.45 bits per heavy atom. The van der Waals surface area contributed by atoms with Crippen molar-refractivity contribution in [3.63, 3.8) is 0 Å². The zero-order valence-corrected chi connectivity index (χ0v) is 24.8. The van der Waals surface area contributed by atoms with Crippen molar-refractivity contribution in [1.29, 1.82) is 0 Å². The van der Waals surface area contributed by atoms with Crippen molar-refractivity contribution in [1.82, 2.24) is 10.2 Å². The predicted molar refractivity (Wildman–Crippen MR) is 157 cm³/mol. The largest absolute Gasteiger partial charge is 0.484 e. The second kappa shape index (κ2) is 12.6. The van der Waals surface area contributed by atoms with Crippen molar-refractivity contribution in [2.24, 2.45) is 0 Å². The van der Waals surface area contributed by atoms with Crippen molar-refractivity contribution < 1.29 is 14.3 Å². The van der Waals surface area contributed by atoms with Crippen LogP contribution in [0.4, 0.5) is 0 Å². The number of hydrogen-bond donors (Lipinski definition) is 1. The summed E-state index contributed by atoms with van der Waals surface area (Å²) in [6.07, 6.45) is 0.394. The summed E-state index contributed by atoms with van der Waals surface area (Å²) in [6, 6.07) is 24.7. The topological polar surface area (TPSA) is 58.6 Å². The maximum Gasteiger partial charge on any atom is 0.261 e. The quantitative estimate of drug-likeness (QED) is 0.308. The minimum absolute atomic E-state index is 0.0287. The van der Waals surface area contributed by atoms with Gasteiger partial charge in [-0.25, -0.2) is 0 Å². The van der Waals surface area contributed by atoms with E-state index in [0.717, 1.165) is 15.6 Å². The van der Waals surface area contributed by atoms with Crippen LogP contribution in [0.5, 0.6) is 5.75 Å². The van der Waals surface area contributed by atoms with Crippen LogP contribution in [0.15, 0.2) is 83.3 Å². The highest BCUT2D eigenvalue weighted by Crippen LogP contribution is 2.24. The van der Waals surface area contributed by atoms with Crippen molar-refractivity contribution in [3.05, 3.63) is 100 Å². The molecule has 1 atom stereocenters. The van der Waals surface area contributed by atoms with Crippen LogP contribution in [0.3, 0.4) is 0 Å². The number of halogens is 1. The predicted octanol–water partition coefficient (Wildman–Crippen LogP) is 6.68. The van der Waals surface area contributed by atoms with Gasteiger partial charge < -0.3 is 15.0 Å². The third-order valence-electron chi connectivity index (χ3n) is 6.12. The second-order valence-corrected chi connectivity index (χ2v) is 12.6. The molecule has 0 heterocycles. The molecule has 0 bridgehead atoms. The van der Waals surface area contributed by atoms with Crippen LogP contribution in [-0.2, 0) is 28.0 Å². The highest BCUT2D eigenvalue weighted by molar-refractivity contribution is 9.10. The van der Waals surface area contributed by atoms with Crippen molar-refractivity contribution in [2.75, 3.05) is 6.61 Å². The monoisotopic (exact) mass is 578 g/mol. The van der Waals surface area contributed by atoms with E-state index >= 15 is 0 Å². The minimum atomic E-state index is -0.709. The number of rotatable bonds is 9. The van der Waals surface area contributed by atoms with Gasteiger partial charge in [0.1, 0.15) is 11.8 Å². The van der Waals surface area contributed by atoms with E-state index in [1.807, 2.05) is 99.6 Å². The Morgan fingerprint density at radius 1 is 0.842 bits per heavy atom. The fourth-order valence-electron chi connectivity index (χ4n) is 4.07. The molecule has 202 valence electrons. The summed E-state index contributed by atoms with van der Waals surface area (Å²) in [6.45, 7) is 12.4. The highest BCUT2D eigenvalue weighted by atomic mass is 79.9. The van der Waals surface area contributed by atoms with Gasteiger partial charge in [-0.1, -0.05) is 91.3 Å². The van der Waals surface area contributed by atoms with E-state index in [4.69, 9.17) is 4.74 Å². The number of carbonyl (C=O) groups is 2. The molecular formula is C32H39BrN2O3. The number of nitrogens with one attached hydrogen (secondary N) is 1. The molecule has 0 aliphatic carbocycles. The molecule has 0 fully saturated rings. The lowest BCUT2D eigenvalue weighted by Crippen LogP contribution is -2.55. The third kappa shape index (κ3) is 9.02. The van der Waals surface area contributed by atoms with E-state index in [2.05, 4.69) is 42.0 Å². The van der Waals surface area contributed by atoms with Gasteiger partial charge in [0.25, 0.3) is 5.91 Å². The zero-order valence-electron chi connectivity index (χ0n) is 23.3. The van der Waals surface area contributed by atoms with Crippen LogP contribution in [0.2, 0.25) is 0 Å². The van der Waals surface area contributed by atoms with E-state index < -0.39 is 11.6 Å². The summed E-state index contributed by atoms with van der Waals surface area (Å²) >= 11 is 3.47. The molecule has 0 radical (unpaired) electrons. The molecule has 0 aliphatic rings. The fraction of sp³-hybridized carbons (Fsp3) is 0.375. The molecule has 0 aromatic heterocycles. The Hall–Kier alpha value is -3.12. The first kappa shape index (κ1) is 29.4. The first-order valence-electron chi connectivity index (χ1n) is 12.9. The van der Waals surface area contributed by atoms with Gasteiger partial charge >= 0.3 is 0 Å². The standard InChI is InChI=1S/C32H39BrN2O3/c1-31(2,3)25-14-18-27(19-15-25)38-22-29(36)35(21-24-12-16-26(33)17-13-24)28(30(37)34-32(4,5)6)20-23-10-8-7-9-11-23/h7-19,28H,20-22H2,1-6H3,(H,34,37)/t28-/m0/s1. The zero-order chi connectivity index (χ0) is 27.9.